The molecule has 3 nitrogen and oxygen atoms in total. The van der Waals surface area contributed by atoms with Gasteiger partial charge >= 0.3 is 0 Å². The fourth-order valence-corrected chi connectivity index (χ4v) is 1.46. The van der Waals surface area contributed by atoms with Crippen molar-refractivity contribution < 1.29 is 5.11 Å². The Morgan fingerprint density at radius 1 is 1.23 bits per heavy atom. The SMILES string of the molecule is CC(C)CN(CCCN)CC(C)O. The van der Waals surface area contributed by atoms with Crippen LogP contribution in [0.2, 0.25) is 0 Å². The van der Waals surface area contributed by atoms with E-state index in [2.05, 4.69) is 18.7 Å². The number of aliphatic hydroxyl groups is 1. The van der Waals surface area contributed by atoms with Gasteiger partial charge in [0.05, 0.1) is 6.10 Å². The van der Waals surface area contributed by atoms with Gasteiger partial charge < -0.3 is 15.7 Å². The molecular weight excluding hydrogens is 164 g/mol. The van der Waals surface area contributed by atoms with Crippen molar-refractivity contribution in [3.63, 3.8) is 0 Å². The first-order valence-corrected chi connectivity index (χ1v) is 5.16. The van der Waals surface area contributed by atoms with E-state index in [9.17, 15) is 5.11 Å². The second-order valence-corrected chi connectivity index (χ2v) is 4.14. The topological polar surface area (TPSA) is 49.5 Å². The van der Waals surface area contributed by atoms with Crippen LogP contribution in [-0.2, 0) is 0 Å². The lowest BCUT2D eigenvalue weighted by Gasteiger charge is -2.25. The highest BCUT2D eigenvalue weighted by Crippen LogP contribution is 2.00. The molecule has 1 atom stereocenters. The Hall–Kier alpha value is -0.120. The van der Waals surface area contributed by atoms with Crippen LogP contribution in [-0.4, -0.2) is 42.3 Å². The molecule has 0 heterocycles. The van der Waals surface area contributed by atoms with E-state index in [1.165, 1.54) is 0 Å². The second kappa shape index (κ2) is 7.30. The lowest BCUT2D eigenvalue weighted by atomic mass is 10.2. The van der Waals surface area contributed by atoms with Crippen LogP contribution in [0.15, 0.2) is 0 Å². The fourth-order valence-electron chi connectivity index (χ4n) is 1.46. The maximum Gasteiger partial charge on any atom is 0.0639 e. The van der Waals surface area contributed by atoms with E-state index in [4.69, 9.17) is 5.73 Å². The highest BCUT2D eigenvalue weighted by Gasteiger charge is 2.08. The third-order valence-corrected chi connectivity index (χ3v) is 1.82. The van der Waals surface area contributed by atoms with Crippen LogP contribution in [0.1, 0.15) is 27.2 Å². The number of aliphatic hydroxyl groups excluding tert-OH is 1. The van der Waals surface area contributed by atoms with Crippen molar-refractivity contribution in [2.75, 3.05) is 26.2 Å². The number of hydrogen-bond acceptors (Lipinski definition) is 3. The normalized spacial score (nSPS) is 14.1. The third-order valence-electron chi connectivity index (χ3n) is 1.82. The summed E-state index contributed by atoms with van der Waals surface area (Å²) in [6.45, 7) is 9.75. The van der Waals surface area contributed by atoms with Crippen LogP contribution in [0, 0.1) is 5.92 Å². The van der Waals surface area contributed by atoms with Gasteiger partial charge in [0.15, 0.2) is 0 Å². The molecule has 0 aromatic rings. The van der Waals surface area contributed by atoms with Crippen LogP contribution in [0.25, 0.3) is 0 Å². The van der Waals surface area contributed by atoms with Crippen molar-refractivity contribution in [2.45, 2.75) is 33.3 Å². The maximum absolute atomic E-state index is 9.26. The summed E-state index contributed by atoms with van der Waals surface area (Å²) in [5.74, 6) is 0.650. The first-order chi connectivity index (χ1) is 6.06. The molecule has 3 heteroatoms. The standard InChI is InChI=1S/C10H24N2O/c1-9(2)7-12(6-4-5-11)8-10(3)13/h9-10,13H,4-8,11H2,1-3H3. The Bertz CT molecular complexity index is 105. The van der Waals surface area contributed by atoms with Gasteiger partial charge in [-0.15, -0.1) is 0 Å². The average molecular weight is 188 g/mol. The Morgan fingerprint density at radius 2 is 1.85 bits per heavy atom. The summed E-state index contributed by atoms with van der Waals surface area (Å²) >= 11 is 0. The van der Waals surface area contributed by atoms with Crippen molar-refractivity contribution in [3.8, 4) is 0 Å². The summed E-state index contributed by atoms with van der Waals surface area (Å²) < 4.78 is 0. The molecule has 0 rings (SSSR count). The smallest absolute Gasteiger partial charge is 0.0639 e. The van der Waals surface area contributed by atoms with Gasteiger partial charge in [-0.3, -0.25) is 0 Å². The minimum absolute atomic E-state index is 0.239. The molecule has 0 aliphatic heterocycles. The minimum atomic E-state index is -0.239. The molecule has 0 radical (unpaired) electrons. The number of rotatable bonds is 7. The number of nitrogens with zero attached hydrogens (tertiary/aromatic N) is 1. The van der Waals surface area contributed by atoms with Crippen LogP contribution >= 0.6 is 0 Å². The molecule has 0 aliphatic rings. The first-order valence-electron chi connectivity index (χ1n) is 5.16. The largest absolute Gasteiger partial charge is 0.392 e. The van der Waals surface area contributed by atoms with E-state index < -0.39 is 0 Å². The van der Waals surface area contributed by atoms with Crippen molar-refractivity contribution in [1.29, 1.82) is 0 Å². The summed E-state index contributed by atoms with van der Waals surface area (Å²) in [7, 11) is 0. The third kappa shape index (κ3) is 8.22. The molecule has 0 aromatic carbocycles. The van der Waals surface area contributed by atoms with Crippen LogP contribution < -0.4 is 5.73 Å². The summed E-state index contributed by atoms with van der Waals surface area (Å²) in [6, 6.07) is 0. The zero-order valence-electron chi connectivity index (χ0n) is 9.16. The molecule has 0 saturated heterocycles. The molecule has 0 aliphatic carbocycles. The predicted molar refractivity (Wildman–Crippen MR) is 56.6 cm³/mol. The molecule has 80 valence electrons. The zero-order chi connectivity index (χ0) is 10.3. The Balaban J connectivity index is 3.73. The monoisotopic (exact) mass is 188 g/mol. The second-order valence-electron chi connectivity index (χ2n) is 4.14. The molecule has 0 aromatic heterocycles. The van der Waals surface area contributed by atoms with Gasteiger partial charge in [-0.1, -0.05) is 13.8 Å². The quantitative estimate of drug-likeness (QED) is 0.617. The molecule has 0 fully saturated rings. The van der Waals surface area contributed by atoms with Crippen molar-refractivity contribution >= 4 is 0 Å². The van der Waals surface area contributed by atoms with Crippen molar-refractivity contribution in [3.05, 3.63) is 0 Å². The van der Waals surface area contributed by atoms with E-state index in [0.717, 1.165) is 32.6 Å². The lowest BCUT2D eigenvalue weighted by molar-refractivity contribution is 0.118. The maximum atomic E-state index is 9.26. The Labute approximate surface area is 81.9 Å². The van der Waals surface area contributed by atoms with Crippen LogP contribution in [0.5, 0.6) is 0 Å². The van der Waals surface area contributed by atoms with Gasteiger partial charge in [0.25, 0.3) is 0 Å². The Kier molecular flexibility index (Phi) is 7.23. The fraction of sp³-hybridized carbons (Fsp3) is 1.00. The zero-order valence-corrected chi connectivity index (χ0v) is 9.16. The van der Waals surface area contributed by atoms with Gasteiger partial charge in [-0.05, 0) is 32.4 Å². The summed E-state index contributed by atoms with van der Waals surface area (Å²) in [6.07, 6.45) is 0.774. The van der Waals surface area contributed by atoms with Crippen molar-refractivity contribution in [1.82, 2.24) is 4.90 Å². The molecule has 0 saturated carbocycles. The van der Waals surface area contributed by atoms with E-state index >= 15 is 0 Å². The van der Waals surface area contributed by atoms with E-state index in [-0.39, 0.29) is 6.10 Å². The summed E-state index contributed by atoms with van der Waals surface area (Å²) in [5.41, 5.74) is 5.45. The average Bonchev–Trinajstić information content (AvgIpc) is 1.98. The van der Waals surface area contributed by atoms with Crippen LogP contribution in [0.3, 0.4) is 0 Å². The molecule has 0 spiro atoms. The summed E-state index contributed by atoms with van der Waals surface area (Å²) in [5, 5.41) is 9.26. The van der Waals surface area contributed by atoms with Crippen LogP contribution in [0.4, 0.5) is 0 Å². The first kappa shape index (κ1) is 12.9. The molecule has 1 unspecified atom stereocenters. The van der Waals surface area contributed by atoms with E-state index in [0.29, 0.717) is 5.92 Å². The predicted octanol–water partition coefficient (Wildman–Crippen LogP) is 0.674. The van der Waals surface area contributed by atoms with Gasteiger partial charge in [-0.2, -0.15) is 0 Å². The molecular formula is C10H24N2O. The lowest BCUT2D eigenvalue weighted by Crippen LogP contribution is -2.35. The van der Waals surface area contributed by atoms with Gasteiger partial charge in [0.1, 0.15) is 0 Å². The van der Waals surface area contributed by atoms with Gasteiger partial charge in [0, 0.05) is 13.1 Å². The van der Waals surface area contributed by atoms with Gasteiger partial charge in [-0.25, -0.2) is 0 Å². The number of nitrogens with two attached hydrogens (primary N) is 1. The highest BCUT2D eigenvalue weighted by atomic mass is 16.3. The minimum Gasteiger partial charge on any atom is -0.392 e. The summed E-state index contributed by atoms with van der Waals surface area (Å²) in [4.78, 5) is 2.28. The van der Waals surface area contributed by atoms with Crippen molar-refractivity contribution in [2.24, 2.45) is 11.7 Å². The molecule has 13 heavy (non-hydrogen) atoms. The van der Waals surface area contributed by atoms with E-state index in [1.807, 2.05) is 6.92 Å². The molecule has 3 N–H and O–H groups in total. The number of hydrogen-bond donors (Lipinski definition) is 2. The van der Waals surface area contributed by atoms with Gasteiger partial charge in [0.2, 0.25) is 0 Å². The highest BCUT2D eigenvalue weighted by molar-refractivity contribution is 4.63. The molecule has 0 amide bonds. The molecule has 0 bridgehead atoms. The Morgan fingerprint density at radius 3 is 2.23 bits per heavy atom. The van der Waals surface area contributed by atoms with E-state index in [1.54, 1.807) is 0 Å².